The molecule has 160 valence electrons. The van der Waals surface area contributed by atoms with Crippen molar-refractivity contribution in [1.82, 2.24) is 15.2 Å². The quantitative estimate of drug-likeness (QED) is 0.384. The fourth-order valence-corrected chi connectivity index (χ4v) is 5.39. The minimum absolute atomic E-state index is 0.0285. The van der Waals surface area contributed by atoms with E-state index in [1.807, 2.05) is 37.3 Å². The Balaban J connectivity index is 1.29. The Morgan fingerprint density at radius 2 is 1.90 bits per heavy atom. The number of furan rings is 1. The molecule has 1 amide bonds. The number of thiazole rings is 1. The Morgan fingerprint density at radius 3 is 2.77 bits per heavy atom. The maximum Gasteiger partial charge on any atom is 0.263 e. The molecule has 6 heteroatoms. The smallest absolute Gasteiger partial charge is 0.263 e. The molecular formula is C25H27N3O2S. The molecule has 1 saturated heterocycles. The van der Waals surface area contributed by atoms with Crippen LogP contribution in [0.1, 0.15) is 41.0 Å². The Labute approximate surface area is 186 Å². The number of para-hydroxylation sites is 2. The number of carbonyl (C=O) groups is 1. The molecule has 1 N–H and O–H groups in total. The summed E-state index contributed by atoms with van der Waals surface area (Å²) in [5.41, 5.74) is 3.39. The van der Waals surface area contributed by atoms with Crippen molar-refractivity contribution in [1.29, 1.82) is 0 Å². The molecule has 0 radical (unpaired) electrons. The summed E-state index contributed by atoms with van der Waals surface area (Å²) in [4.78, 5) is 20.7. The second-order valence-corrected chi connectivity index (χ2v) is 9.22. The normalized spacial score (nSPS) is 14.6. The van der Waals surface area contributed by atoms with Gasteiger partial charge in [-0.15, -0.1) is 11.3 Å². The van der Waals surface area contributed by atoms with Crippen molar-refractivity contribution in [3.8, 4) is 10.6 Å². The van der Waals surface area contributed by atoms with Crippen LogP contribution in [-0.4, -0.2) is 42.0 Å². The fourth-order valence-electron chi connectivity index (χ4n) is 4.39. The zero-order valence-corrected chi connectivity index (χ0v) is 18.6. The summed E-state index contributed by atoms with van der Waals surface area (Å²) < 4.78 is 6.14. The van der Waals surface area contributed by atoms with Crippen molar-refractivity contribution in [2.75, 3.05) is 26.2 Å². The van der Waals surface area contributed by atoms with E-state index in [1.54, 1.807) is 0 Å². The molecule has 1 aliphatic rings. The number of amides is 1. The van der Waals surface area contributed by atoms with Gasteiger partial charge < -0.3 is 14.6 Å². The van der Waals surface area contributed by atoms with Crippen molar-refractivity contribution >= 4 is 39.2 Å². The van der Waals surface area contributed by atoms with Gasteiger partial charge in [0.2, 0.25) is 0 Å². The largest absolute Gasteiger partial charge is 0.455 e. The summed E-state index contributed by atoms with van der Waals surface area (Å²) in [5, 5.41) is 6.07. The topological polar surface area (TPSA) is 58.4 Å². The average Bonchev–Trinajstić information content (AvgIpc) is 3.51. The van der Waals surface area contributed by atoms with Crippen LogP contribution in [0.25, 0.3) is 32.5 Å². The number of hydrogen-bond donors (Lipinski definition) is 1. The van der Waals surface area contributed by atoms with Gasteiger partial charge in [-0.1, -0.05) is 30.3 Å². The lowest BCUT2D eigenvalue weighted by Crippen LogP contribution is -2.26. The lowest BCUT2D eigenvalue weighted by molar-refractivity contribution is 0.0956. The fraction of sp³-hybridized carbons (Fsp3) is 0.360. The Kier molecular flexibility index (Phi) is 5.74. The summed E-state index contributed by atoms with van der Waals surface area (Å²) >= 11 is 1.44. The maximum absolute atomic E-state index is 12.8. The van der Waals surface area contributed by atoms with Gasteiger partial charge in [-0.2, -0.15) is 0 Å². The number of benzene rings is 2. The standard InChI is InChI=1S/C25H27N3O2S/c1-17-23(24(29)26-13-4-5-14-28-15-6-7-16-28)31-25(27-17)20-11-8-10-19-18-9-2-3-12-21(18)30-22(19)20/h2-3,8-12H,4-7,13-16H2,1H3,(H,26,29). The van der Waals surface area contributed by atoms with Crippen LogP contribution in [-0.2, 0) is 0 Å². The van der Waals surface area contributed by atoms with Gasteiger partial charge in [0.25, 0.3) is 5.91 Å². The van der Waals surface area contributed by atoms with Crippen molar-refractivity contribution in [2.24, 2.45) is 0 Å². The molecule has 5 rings (SSSR count). The highest BCUT2D eigenvalue weighted by Gasteiger charge is 2.19. The Bertz CT molecular complexity index is 1220. The molecule has 2 aromatic heterocycles. The predicted molar refractivity (Wildman–Crippen MR) is 127 cm³/mol. The minimum Gasteiger partial charge on any atom is -0.455 e. The first kappa shape index (κ1) is 20.2. The van der Waals surface area contributed by atoms with Crippen molar-refractivity contribution in [3.63, 3.8) is 0 Å². The van der Waals surface area contributed by atoms with Crippen LogP contribution in [0.2, 0.25) is 0 Å². The number of aromatic nitrogens is 1. The molecule has 0 saturated carbocycles. The van der Waals surface area contributed by atoms with E-state index in [2.05, 4.69) is 22.3 Å². The third kappa shape index (κ3) is 4.10. The van der Waals surface area contributed by atoms with Gasteiger partial charge in [0.05, 0.1) is 11.3 Å². The highest BCUT2D eigenvalue weighted by atomic mass is 32.1. The number of fused-ring (bicyclic) bond motifs is 3. The third-order valence-electron chi connectivity index (χ3n) is 6.02. The molecule has 1 fully saturated rings. The maximum atomic E-state index is 12.8. The summed E-state index contributed by atoms with van der Waals surface area (Å²) in [7, 11) is 0. The molecular weight excluding hydrogens is 406 g/mol. The molecule has 0 bridgehead atoms. The zero-order chi connectivity index (χ0) is 21.2. The van der Waals surface area contributed by atoms with E-state index in [0.717, 1.165) is 57.6 Å². The van der Waals surface area contributed by atoms with E-state index in [-0.39, 0.29) is 5.91 Å². The first-order valence-electron chi connectivity index (χ1n) is 11.1. The summed E-state index contributed by atoms with van der Waals surface area (Å²) in [6.07, 6.45) is 4.78. The second kappa shape index (κ2) is 8.81. The van der Waals surface area contributed by atoms with Gasteiger partial charge in [-0.05, 0) is 64.4 Å². The first-order valence-corrected chi connectivity index (χ1v) is 11.9. The van der Waals surface area contributed by atoms with E-state index < -0.39 is 0 Å². The first-order chi connectivity index (χ1) is 15.2. The van der Waals surface area contributed by atoms with Crippen molar-refractivity contribution < 1.29 is 9.21 Å². The predicted octanol–water partition coefficient (Wildman–Crippen LogP) is 5.62. The van der Waals surface area contributed by atoms with E-state index >= 15 is 0 Å². The van der Waals surface area contributed by atoms with Gasteiger partial charge in [-0.25, -0.2) is 4.98 Å². The van der Waals surface area contributed by atoms with E-state index in [0.29, 0.717) is 11.4 Å². The summed E-state index contributed by atoms with van der Waals surface area (Å²) in [5.74, 6) is -0.0285. The number of rotatable bonds is 7. The Morgan fingerprint density at radius 1 is 1.10 bits per heavy atom. The van der Waals surface area contributed by atoms with Gasteiger partial charge in [-0.3, -0.25) is 4.79 Å². The van der Waals surface area contributed by atoms with Crippen LogP contribution in [0.4, 0.5) is 0 Å². The van der Waals surface area contributed by atoms with Crippen LogP contribution in [0.5, 0.6) is 0 Å². The van der Waals surface area contributed by atoms with E-state index in [4.69, 9.17) is 9.40 Å². The summed E-state index contributed by atoms with van der Waals surface area (Å²) in [6.45, 7) is 6.21. The molecule has 1 aliphatic heterocycles. The highest BCUT2D eigenvalue weighted by Crippen LogP contribution is 2.37. The number of unbranched alkanes of at least 4 members (excludes halogenated alkanes) is 1. The highest BCUT2D eigenvalue weighted by molar-refractivity contribution is 7.17. The summed E-state index contributed by atoms with van der Waals surface area (Å²) in [6, 6.07) is 14.2. The zero-order valence-electron chi connectivity index (χ0n) is 17.8. The molecule has 2 aromatic carbocycles. The monoisotopic (exact) mass is 433 g/mol. The third-order valence-corrected chi connectivity index (χ3v) is 7.21. The number of likely N-dealkylation sites (tertiary alicyclic amines) is 1. The lowest BCUT2D eigenvalue weighted by Gasteiger charge is -2.13. The van der Waals surface area contributed by atoms with Crippen LogP contribution in [0.3, 0.4) is 0 Å². The van der Waals surface area contributed by atoms with Crippen LogP contribution < -0.4 is 5.32 Å². The van der Waals surface area contributed by atoms with Crippen molar-refractivity contribution in [3.05, 3.63) is 53.0 Å². The van der Waals surface area contributed by atoms with Gasteiger partial charge in [0, 0.05) is 17.3 Å². The minimum atomic E-state index is -0.0285. The van der Waals surface area contributed by atoms with Crippen LogP contribution >= 0.6 is 11.3 Å². The molecule has 0 atom stereocenters. The molecule has 31 heavy (non-hydrogen) atoms. The molecule has 3 heterocycles. The number of nitrogens with one attached hydrogen (secondary N) is 1. The molecule has 0 unspecified atom stereocenters. The van der Waals surface area contributed by atoms with E-state index in [1.165, 1.54) is 37.3 Å². The van der Waals surface area contributed by atoms with E-state index in [9.17, 15) is 4.79 Å². The SMILES string of the molecule is Cc1nc(-c2cccc3c2oc2ccccc23)sc1C(=O)NCCCCN1CCCC1. The molecule has 4 aromatic rings. The van der Waals surface area contributed by atoms with Crippen molar-refractivity contribution in [2.45, 2.75) is 32.6 Å². The average molecular weight is 434 g/mol. The van der Waals surface area contributed by atoms with Gasteiger partial charge in [0.1, 0.15) is 21.1 Å². The molecule has 0 spiro atoms. The number of aryl methyl sites for hydroxylation is 1. The van der Waals surface area contributed by atoms with Gasteiger partial charge >= 0.3 is 0 Å². The lowest BCUT2D eigenvalue weighted by atomic mass is 10.1. The molecule has 0 aliphatic carbocycles. The molecule has 5 nitrogen and oxygen atoms in total. The number of carbonyl (C=O) groups excluding carboxylic acids is 1. The van der Waals surface area contributed by atoms with Crippen LogP contribution in [0, 0.1) is 6.92 Å². The Hall–Kier alpha value is -2.70. The van der Waals surface area contributed by atoms with Gasteiger partial charge in [0.15, 0.2) is 0 Å². The van der Waals surface area contributed by atoms with Crippen LogP contribution in [0.15, 0.2) is 46.9 Å². The number of nitrogens with zero attached hydrogens (tertiary/aromatic N) is 2. The number of hydrogen-bond acceptors (Lipinski definition) is 5. The second-order valence-electron chi connectivity index (χ2n) is 8.23.